The van der Waals surface area contributed by atoms with E-state index in [0.717, 1.165) is 9.75 Å². The summed E-state index contributed by atoms with van der Waals surface area (Å²) >= 11 is 14.3. The van der Waals surface area contributed by atoms with Crippen molar-refractivity contribution in [1.29, 1.82) is 0 Å². The Hall–Kier alpha value is -1.53. The number of hydrazone groups is 1. The van der Waals surface area contributed by atoms with Crippen molar-refractivity contribution in [3.8, 4) is 0 Å². The molecular weight excluding hydrogens is 399 g/mol. The number of thiazole rings is 2. The third-order valence-electron chi connectivity index (χ3n) is 2.98. The molecule has 0 aromatic carbocycles. The Kier molecular flexibility index (Phi) is 5.46. The highest BCUT2D eigenvalue weighted by molar-refractivity contribution is 7.16. The van der Waals surface area contributed by atoms with Gasteiger partial charge in [-0.15, -0.1) is 22.7 Å². The smallest absolute Gasteiger partial charge is 0.278 e. The molecule has 0 aliphatic carbocycles. The third-order valence-corrected chi connectivity index (χ3v) is 5.17. The number of hydrogen-bond acceptors (Lipinski definition) is 7. The quantitative estimate of drug-likeness (QED) is 0.553. The maximum atomic E-state index is 10.9. The molecule has 0 atom stereocenters. The minimum absolute atomic E-state index is 0.183. The van der Waals surface area contributed by atoms with Crippen molar-refractivity contribution in [3.63, 3.8) is 0 Å². The molecule has 9 nitrogen and oxygen atoms in total. The molecule has 128 valence electrons. The molecule has 0 bridgehead atoms. The number of guanidine groups is 1. The predicted molar refractivity (Wildman–Crippen MR) is 90.6 cm³/mol. The molecule has 0 saturated carbocycles. The maximum absolute atomic E-state index is 10.9. The van der Waals surface area contributed by atoms with Crippen LogP contribution in [0.25, 0.3) is 0 Å². The van der Waals surface area contributed by atoms with Crippen LogP contribution in [0.4, 0.5) is 0 Å². The number of hydrogen-bond donors (Lipinski definition) is 0. The monoisotopic (exact) mass is 408 g/mol. The van der Waals surface area contributed by atoms with E-state index in [1.807, 2.05) is 0 Å². The van der Waals surface area contributed by atoms with E-state index >= 15 is 0 Å². The van der Waals surface area contributed by atoms with Crippen molar-refractivity contribution in [2.75, 3.05) is 13.5 Å². The van der Waals surface area contributed by atoms with Crippen LogP contribution in [-0.2, 0) is 17.8 Å². The second kappa shape index (κ2) is 7.57. The van der Waals surface area contributed by atoms with E-state index in [-0.39, 0.29) is 19.4 Å². The highest BCUT2D eigenvalue weighted by Crippen LogP contribution is 2.23. The van der Waals surface area contributed by atoms with Crippen molar-refractivity contribution < 1.29 is 9.77 Å². The summed E-state index contributed by atoms with van der Waals surface area (Å²) < 4.78 is 6.33. The molecule has 1 saturated heterocycles. The lowest BCUT2D eigenvalue weighted by atomic mass is 10.4. The molecule has 13 heteroatoms. The Morgan fingerprint density at radius 2 is 1.67 bits per heavy atom. The summed E-state index contributed by atoms with van der Waals surface area (Å²) in [7, 11) is 0. The van der Waals surface area contributed by atoms with Gasteiger partial charge in [0.05, 0.1) is 13.1 Å². The maximum Gasteiger partial charge on any atom is 0.278 e. The van der Waals surface area contributed by atoms with Gasteiger partial charge in [-0.1, -0.05) is 23.2 Å². The van der Waals surface area contributed by atoms with Gasteiger partial charge in [-0.3, -0.25) is 0 Å². The minimum atomic E-state index is -0.722. The first-order valence-electron chi connectivity index (χ1n) is 6.52. The zero-order valence-corrected chi connectivity index (χ0v) is 15.1. The van der Waals surface area contributed by atoms with E-state index < -0.39 is 5.03 Å². The second-order valence-electron chi connectivity index (χ2n) is 4.66. The van der Waals surface area contributed by atoms with Gasteiger partial charge in [0, 0.05) is 22.1 Å². The van der Waals surface area contributed by atoms with E-state index in [1.165, 1.54) is 22.7 Å². The normalized spacial score (nSPS) is 15.0. The van der Waals surface area contributed by atoms with E-state index in [4.69, 9.17) is 27.9 Å². The van der Waals surface area contributed by atoms with Crippen molar-refractivity contribution in [3.05, 3.63) is 41.2 Å². The van der Waals surface area contributed by atoms with Gasteiger partial charge in [-0.2, -0.15) is 0 Å². The van der Waals surface area contributed by atoms with Crippen LogP contribution in [0.2, 0.25) is 8.93 Å². The fraction of sp³-hybridized carbons (Fsp3) is 0.364. The standard InChI is InChI=1S/C11H10Cl2N6O3S2/c12-9-14-1-7(23-9)3-17-5-22-6-18(11(17)16-19(20)21)4-8-2-15-10(13)24-8/h1-2H,3-6H2. The first kappa shape index (κ1) is 17.3. The highest BCUT2D eigenvalue weighted by atomic mass is 35.5. The van der Waals surface area contributed by atoms with Crippen LogP contribution in [-0.4, -0.2) is 44.2 Å². The number of halogens is 2. The van der Waals surface area contributed by atoms with Crippen LogP contribution >= 0.6 is 45.9 Å². The number of aromatic nitrogens is 2. The van der Waals surface area contributed by atoms with Gasteiger partial charge in [0.2, 0.25) is 0 Å². The van der Waals surface area contributed by atoms with E-state index in [2.05, 4.69) is 15.1 Å². The molecule has 1 aliphatic rings. The molecule has 0 N–H and O–H groups in total. The molecule has 0 radical (unpaired) electrons. The lowest BCUT2D eigenvalue weighted by molar-refractivity contribution is -0.486. The van der Waals surface area contributed by atoms with E-state index in [0.29, 0.717) is 22.0 Å². The average molecular weight is 409 g/mol. The molecule has 1 aliphatic heterocycles. The summed E-state index contributed by atoms with van der Waals surface area (Å²) in [5.41, 5.74) is 0. The van der Waals surface area contributed by atoms with Gasteiger partial charge in [-0.05, 0) is 0 Å². The Morgan fingerprint density at radius 3 is 2.04 bits per heavy atom. The summed E-state index contributed by atoms with van der Waals surface area (Å²) in [5, 5.41) is 13.7. The summed E-state index contributed by atoms with van der Waals surface area (Å²) in [6, 6.07) is 0. The lowest BCUT2D eigenvalue weighted by Crippen LogP contribution is -2.50. The predicted octanol–water partition coefficient (Wildman–Crippen LogP) is 2.70. The SMILES string of the molecule is O=[N+]([O-])N=C1N(Cc2cnc(Cl)s2)COCN1Cc1cnc(Cl)s1. The Balaban J connectivity index is 1.81. The largest absolute Gasteiger partial charge is 0.341 e. The molecule has 24 heavy (non-hydrogen) atoms. The number of nitrogens with zero attached hydrogens (tertiary/aromatic N) is 6. The Labute approximate surface area is 154 Å². The van der Waals surface area contributed by atoms with Crippen LogP contribution in [0.3, 0.4) is 0 Å². The van der Waals surface area contributed by atoms with Crippen LogP contribution in [0.5, 0.6) is 0 Å². The first-order valence-corrected chi connectivity index (χ1v) is 8.91. The van der Waals surface area contributed by atoms with Gasteiger partial charge in [0.15, 0.2) is 14.0 Å². The molecule has 3 rings (SSSR count). The molecule has 0 unspecified atom stereocenters. The van der Waals surface area contributed by atoms with Crippen LogP contribution < -0.4 is 0 Å². The molecule has 2 aromatic rings. The fourth-order valence-corrected chi connectivity index (χ4v) is 4.09. The minimum Gasteiger partial charge on any atom is -0.341 e. The van der Waals surface area contributed by atoms with Gasteiger partial charge in [-0.25, -0.2) is 20.1 Å². The Morgan fingerprint density at radius 1 is 1.17 bits per heavy atom. The zero-order chi connectivity index (χ0) is 17.1. The van der Waals surface area contributed by atoms with Gasteiger partial charge < -0.3 is 14.5 Å². The number of nitro groups is 1. The summed E-state index contributed by atoms with van der Waals surface area (Å²) in [6.45, 7) is 1.08. The second-order valence-corrected chi connectivity index (χ2v) is 8.05. The summed E-state index contributed by atoms with van der Waals surface area (Å²) in [4.78, 5) is 23.9. The third kappa shape index (κ3) is 4.30. The van der Waals surface area contributed by atoms with Crippen LogP contribution in [0.15, 0.2) is 17.5 Å². The van der Waals surface area contributed by atoms with Crippen molar-refractivity contribution in [2.24, 2.45) is 5.10 Å². The topological polar surface area (TPSA) is 97.0 Å². The highest BCUT2D eigenvalue weighted by Gasteiger charge is 2.28. The molecule has 3 heterocycles. The van der Waals surface area contributed by atoms with E-state index in [1.54, 1.807) is 22.2 Å². The first-order chi connectivity index (χ1) is 11.5. The average Bonchev–Trinajstić information content (AvgIpc) is 3.10. The summed E-state index contributed by atoms with van der Waals surface area (Å²) in [6.07, 6.45) is 3.25. The number of rotatable bonds is 5. The van der Waals surface area contributed by atoms with Crippen LogP contribution in [0.1, 0.15) is 9.75 Å². The molecule has 2 aromatic heterocycles. The molecule has 0 amide bonds. The molecular formula is C11H10Cl2N6O3S2. The molecule has 1 fully saturated rings. The van der Waals surface area contributed by atoms with Crippen LogP contribution in [0, 0.1) is 10.1 Å². The van der Waals surface area contributed by atoms with Gasteiger partial charge in [0.1, 0.15) is 18.6 Å². The van der Waals surface area contributed by atoms with Gasteiger partial charge >= 0.3 is 0 Å². The summed E-state index contributed by atoms with van der Waals surface area (Å²) in [5.74, 6) is 0.209. The van der Waals surface area contributed by atoms with Crippen molar-refractivity contribution in [2.45, 2.75) is 13.1 Å². The van der Waals surface area contributed by atoms with Crippen molar-refractivity contribution >= 4 is 51.8 Å². The number of ether oxygens (including phenoxy) is 1. The van der Waals surface area contributed by atoms with Gasteiger partial charge in [0.25, 0.3) is 5.96 Å². The van der Waals surface area contributed by atoms with Crippen molar-refractivity contribution in [1.82, 2.24) is 19.8 Å². The van der Waals surface area contributed by atoms with E-state index in [9.17, 15) is 10.1 Å². The Bertz CT molecular complexity index is 714. The fourth-order valence-electron chi connectivity index (χ4n) is 2.10. The molecule has 0 spiro atoms. The lowest BCUT2D eigenvalue weighted by Gasteiger charge is -2.36. The zero-order valence-electron chi connectivity index (χ0n) is 12.0.